The fraction of sp³-hybridized carbons (Fsp3) is 0.571. The van der Waals surface area contributed by atoms with Crippen LogP contribution in [0.2, 0.25) is 0 Å². The van der Waals surface area contributed by atoms with E-state index in [0.29, 0.717) is 25.9 Å². The van der Waals surface area contributed by atoms with Gasteiger partial charge in [0.1, 0.15) is 0 Å². The van der Waals surface area contributed by atoms with Crippen molar-refractivity contribution in [2.45, 2.75) is 44.9 Å². The molecular formula is C21H30N2O3S. The maximum Gasteiger partial charge on any atom is 0.236 e. The van der Waals surface area contributed by atoms with Crippen LogP contribution < -0.4 is 0 Å². The van der Waals surface area contributed by atoms with Crippen molar-refractivity contribution in [1.82, 2.24) is 9.21 Å². The van der Waals surface area contributed by atoms with Crippen molar-refractivity contribution in [1.29, 1.82) is 0 Å². The Morgan fingerprint density at radius 1 is 0.889 bits per heavy atom. The first-order valence-corrected chi connectivity index (χ1v) is 11.6. The van der Waals surface area contributed by atoms with Crippen molar-refractivity contribution in [3.63, 3.8) is 0 Å². The molecule has 2 aliphatic heterocycles. The van der Waals surface area contributed by atoms with Crippen LogP contribution >= 0.6 is 0 Å². The predicted octanol–water partition coefficient (Wildman–Crippen LogP) is 3.49. The molecule has 0 N–H and O–H groups in total. The Kier molecular flexibility index (Phi) is 7.07. The molecule has 27 heavy (non-hydrogen) atoms. The van der Waals surface area contributed by atoms with Crippen molar-refractivity contribution >= 4 is 22.0 Å². The van der Waals surface area contributed by atoms with Gasteiger partial charge >= 0.3 is 0 Å². The number of rotatable bonds is 4. The number of hydrogen-bond acceptors (Lipinski definition) is 3. The number of hydrogen-bond donors (Lipinski definition) is 0. The summed E-state index contributed by atoms with van der Waals surface area (Å²) in [6.07, 6.45) is 8.72. The van der Waals surface area contributed by atoms with Crippen molar-refractivity contribution in [2.75, 3.05) is 26.2 Å². The minimum Gasteiger partial charge on any atom is -0.342 e. The van der Waals surface area contributed by atoms with Gasteiger partial charge < -0.3 is 4.90 Å². The minimum atomic E-state index is -3.44. The fourth-order valence-electron chi connectivity index (χ4n) is 3.90. The molecule has 0 aliphatic carbocycles. The van der Waals surface area contributed by atoms with E-state index in [9.17, 15) is 13.2 Å². The Morgan fingerprint density at radius 3 is 2.11 bits per heavy atom. The lowest BCUT2D eigenvalue weighted by molar-refractivity contribution is -0.137. The van der Waals surface area contributed by atoms with Gasteiger partial charge in [-0.05, 0) is 37.3 Å². The molecular weight excluding hydrogens is 360 g/mol. The van der Waals surface area contributed by atoms with Crippen LogP contribution in [0.3, 0.4) is 0 Å². The Bertz CT molecular complexity index is 730. The van der Waals surface area contributed by atoms with Gasteiger partial charge in [0, 0.05) is 37.5 Å². The van der Waals surface area contributed by atoms with Crippen molar-refractivity contribution in [3.05, 3.63) is 41.3 Å². The number of likely N-dealkylation sites (tertiary alicyclic amines) is 1. The zero-order valence-electron chi connectivity index (χ0n) is 15.9. The van der Waals surface area contributed by atoms with Gasteiger partial charge in [-0.3, -0.25) is 4.79 Å². The number of amides is 1. The molecule has 5 nitrogen and oxygen atoms in total. The zero-order valence-corrected chi connectivity index (χ0v) is 16.7. The van der Waals surface area contributed by atoms with E-state index in [1.54, 1.807) is 6.08 Å². The van der Waals surface area contributed by atoms with Crippen LogP contribution in [-0.2, 0) is 14.8 Å². The molecule has 2 fully saturated rings. The minimum absolute atomic E-state index is 0.0334. The van der Waals surface area contributed by atoms with Gasteiger partial charge in [0.2, 0.25) is 15.9 Å². The van der Waals surface area contributed by atoms with Crippen molar-refractivity contribution in [3.8, 4) is 0 Å². The van der Waals surface area contributed by atoms with E-state index in [4.69, 9.17) is 0 Å². The highest BCUT2D eigenvalue weighted by Gasteiger charge is 2.32. The Balaban J connectivity index is 1.54. The van der Waals surface area contributed by atoms with Crippen molar-refractivity contribution in [2.24, 2.45) is 5.92 Å². The van der Waals surface area contributed by atoms with Crippen LogP contribution in [0, 0.1) is 5.92 Å². The second-order valence-corrected chi connectivity index (χ2v) is 9.34. The Labute approximate surface area is 163 Å². The molecule has 3 rings (SSSR count). The summed E-state index contributed by atoms with van der Waals surface area (Å²) in [5, 5.41) is 1.28. The van der Waals surface area contributed by atoms with E-state index in [-0.39, 0.29) is 11.8 Å². The molecule has 1 amide bonds. The number of carbonyl (C=O) groups is 1. The lowest BCUT2D eigenvalue weighted by Crippen LogP contribution is -2.44. The second-order valence-electron chi connectivity index (χ2n) is 7.52. The number of benzene rings is 1. The average Bonchev–Trinajstić information content (AvgIpc) is 2.67. The zero-order chi connectivity index (χ0) is 19.1. The lowest BCUT2D eigenvalue weighted by atomic mass is 9.95. The molecule has 1 aromatic rings. The highest BCUT2D eigenvalue weighted by Crippen LogP contribution is 2.24. The Hall–Kier alpha value is -1.66. The molecule has 6 heteroatoms. The summed E-state index contributed by atoms with van der Waals surface area (Å²) >= 11 is 0. The molecule has 0 bridgehead atoms. The quantitative estimate of drug-likeness (QED) is 0.791. The average molecular weight is 391 g/mol. The molecule has 0 atom stereocenters. The molecule has 2 saturated heterocycles. The first-order chi connectivity index (χ1) is 13.1. The largest absolute Gasteiger partial charge is 0.342 e. The molecule has 2 heterocycles. The van der Waals surface area contributed by atoms with Crippen LogP contribution in [0.4, 0.5) is 0 Å². The molecule has 1 aromatic carbocycles. The number of sulfonamides is 1. The van der Waals surface area contributed by atoms with Crippen LogP contribution in [0.25, 0.3) is 6.08 Å². The van der Waals surface area contributed by atoms with E-state index in [1.807, 2.05) is 35.2 Å². The van der Waals surface area contributed by atoms with Gasteiger partial charge in [0.15, 0.2) is 0 Å². The molecule has 2 aliphatic rings. The summed E-state index contributed by atoms with van der Waals surface area (Å²) in [4.78, 5) is 14.8. The van der Waals surface area contributed by atoms with Crippen molar-refractivity contribution < 1.29 is 13.2 Å². The number of nitrogens with zero attached hydrogens (tertiary/aromatic N) is 2. The standard InChI is InChI=1S/C21H30N2O3S/c24-21(22-14-7-2-1-3-8-15-22)20-11-16-23(17-12-20)27(25,26)18-13-19-9-5-4-6-10-19/h4-6,9-10,13,18,20H,1-3,7-8,11-12,14-17H2. The van der Waals surface area contributed by atoms with Crippen LogP contribution in [0.5, 0.6) is 0 Å². The molecule has 0 radical (unpaired) electrons. The first-order valence-electron chi connectivity index (χ1n) is 10.1. The van der Waals surface area contributed by atoms with Gasteiger partial charge in [-0.1, -0.05) is 49.6 Å². The summed E-state index contributed by atoms with van der Waals surface area (Å²) in [5.74, 6) is 0.197. The molecule has 0 saturated carbocycles. The van der Waals surface area contributed by atoms with Crippen LogP contribution in [0.1, 0.15) is 50.5 Å². The van der Waals surface area contributed by atoms with Gasteiger partial charge in [-0.15, -0.1) is 0 Å². The summed E-state index contributed by atoms with van der Waals surface area (Å²) in [5.41, 5.74) is 0.864. The topological polar surface area (TPSA) is 57.7 Å². The third-order valence-corrected chi connectivity index (χ3v) is 7.13. The monoisotopic (exact) mass is 390 g/mol. The van der Waals surface area contributed by atoms with E-state index < -0.39 is 10.0 Å². The second kappa shape index (κ2) is 9.51. The number of carbonyl (C=O) groups excluding carboxylic acids is 1. The Morgan fingerprint density at radius 2 is 1.48 bits per heavy atom. The lowest BCUT2D eigenvalue weighted by Gasteiger charge is -2.34. The normalized spacial score (nSPS) is 21.1. The molecule has 0 spiro atoms. The summed E-state index contributed by atoms with van der Waals surface area (Å²) < 4.78 is 26.6. The third kappa shape index (κ3) is 5.66. The van der Waals surface area contributed by atoms with Gasteiger partial charge in [-0.25, -0.2) is 8.42 Å². The highest BCUT2D eigenvalue weighted by atomic mass is 32.2. The molecule has 148 valence electrons. The van der Waals surface area contributed by atoms with E-state index >= 15 is 0 Å². The van der Waals surface area contributed by atoms with E-state index in [1.165, 1.54) is 29.0 Å². The molecule has 0 unspecified atom stereocenters. The van der Waals surface area contributed by atoms with E-state index in [0.717, 1.165) is 31.5 Å². The van der Waals surface area contributed by atoms with Gasteiger partial charge in [-0.2, -0.15) is 4.31 Å². The van der Waals surface area contributed by atoms with Gasteiger partial charge in [0.25, 0.3) is 0 Å². The third-order valence-electron chi connectivity index (χ3n) is 5.56. The van der Waals surface area contributed by atoms with Crippen LogP contribution in [-0.4, -0.2) is 49.7 Å². The van der Waals surface area contributed by atoms with Gasteiger partial charge in [0.05, 0.1) is 0 Å². The predicted molar refractivity (Wildman–Crippen MR) is 108 cm³/mol. The van der Waals surface area contributed by atoms with E-state index in [2.05, 4.69) is 0 Å². The SMILES string of the molecule is O=C(C1CCN(S(=O)(=O)C=Cc2ccccc2)CC1)N1CCCCCCC1. The number of piperidine rings is 1. The highest BCUT2D eigenvalue weighted by molar-refractivity contribution is 7.92. The fourth-order valence-corrected chi connectivity index (χ4v) is 5.12. The summed E-state index contributed by atoms with van der Waals surface area (Å²) in [6.45, 7) is 2.56. The molecule has 0 aromatic heterocycles. The summed E-state index contributed by atoms with van der Waals surface area (Å²) in [6, 6.07) is 9.42. The smallest absolute Gasteiger partial charge is 0.236 e. The first kappa shape index (κ1) is 20.1. The maximum atomic E-state index is 12.8. The van der Waals surface area contributed by atoms with Crippen LogP contribution in [0.15, 0.2) is 35.7 Å². The maximum absolute atomic E-state index is 12.8. The summed E-state index contributed by atoms with van der Waals surface area (Å²) in [7, 11) is -3.44.